The molecular formula is C22H33N3O3S. The Bertz CT molecular complexity index is 921. The lowest BCUT2D eigenvalue weighted by Gasteiger charge is -2.30. The van der Waals surface area contributed by atoms with E-state index in [4.69, 9.17) is 9.72 Å². The lowest BCUT2D eigenvalue weighted by Crippen LogP contribution is -2.45. The summed E-state index contributed by atoms with van der Waals surface area (Å²) in [6, 6.07) is 7.99. The summed E-state index contributed by atoms with van der Waals surface area (Å²) in [6.07, 6.45) is 5.56. The minimum atomic E-state index is -3.31. The number of sulfonamides is 1. The first-order valence-corrected chi connectivity index (χ1v) is 11.9. The third-order valence-corrected chi connectivity index (χ3v) is 7.60. The van der Waals surface area contributed by atoms with Crippen LogP contribution in [0.5, 0.6) is 5.75 Å². The predicted octanol–water partition coefficient (Wildman–Crippen LogP) is 4.61. The van der Waals surface area contributed by atoms with Gasteiger partial charge in [-0.1, -0.05) is 12.1 Å². The Hall–Kier alpha value is -1.86. The van der Waals surface area contributed by atoms with E-state index in [0.29, 0.717) is 5.92 Å². The summed E-state index contributed by atoms with van der Waals surface area (Å²) in [4.78, 5) is 8.14. The third kappa shape index (κ3) is 5.39. The zero-order valence-electron chi connectivity index (χ0n) is 18.0. The maximum Gasteiger partial charge on any atom is 0.216 e. The van der Waals surface area contributed by atoms with Crippen molar-refractivity contribution in [3.63, 3.8) is 0 Å². The van der Waals surface area contributed by atoms with Crippen molar-refractivity contribution in [2.24, 2.45) is 0 Å². The summed E-state index contributed by atoms with van der Waals surface area (Å²) in [5.41, 5.74) is 1.93. The number of ether oxygens (including phenoxy) is 1. The molecule has 1 aliphatic rings. The molecule has 1 aromatic carbocycles. The van der Waals surface area contributed by atoms with Crippen LogP contribution in [-0.4, -0.2) is 35.3 Å². The molecule has 0 saturated heterocycles. The Balaban J connectivity index is 1.63. The minimum absolute atomic E-state index is 0.00905. The van der Waals surface area contributed by atoms with Crippen molar-refractivity contribution in [1.29, 1.82) is 0 Å². The normalized spacial score (nSPS) is 20.8. The van der Waals surface area contributed by atoms with Crippen LogP contribution in [-0.2, 0) is 10.0 Å². The number of rotatable bonds is 6. The molecule has 0 bridgehead atoms. The number of nitrogens with zero attached hydrogens (tertiary/aromatic N) is 1. The lowest BCUT2D eigenvalue weighted by atomic mass is 9.86. The van der Waals surface area contributed by atoms with Crippen molar-refractivity contribution in [1.82, 2.24) is 14.7 Å². The number of nitrogens with one attached hydrogen (secondary N) is 2. The van der Waals surface area contributed by atoms with Gasteiger partial charge in [0.2, 0.25) is 10.0 Å². The minimum Gasteiger partial charge on any atom is -0.491 e. The molecule has 2 aromatic rings. The Morgan fingerprint density at radius 2 is 1.86 bits per heavy atom. The van der Waals surface area contributed by atoms with Crippen LogP contribution < -0.4 is 9.46 Å². The largest absolute Gasteiger partial charge is 0.491 e. The van der Waals surface area contributed by atoms with E-state index in [1.54, 1.807) is 20.8 Å². The monoisotopic (exact) mass is 419 g/mol. The second kappa shape index (κ2) is 8.48. The van der Waals surface area contributed by atoms with Gasteiger partial charge >= 0.3 is 0 Å². The molecule has 1 aromatic heterocycles. The van der Waals surface area contributed by atoms with Gasteiger partial charge < -0.3 is 9.72 Å². The molecule has 0 unspecified atom stereocenters. The molecule has 1 saturated carbocycles. The highest BCUT2D eigenvalue weighted by molar-refractivity contribution is 7.90. The quantitative estimate of drug-likeness (QED) is 0.716. The molecule has 1 heterocycles. The summed E-state index contributed by atoms with van der Waals surface area (Å²) in [6.45, 7) is 9.21. The van der Waals surface area contributed by atoms with Gasteiger partial charge in [0, 0.05) is 23.7 Å². The number of aromatic amines is 1. The van der Waals surface area contributed by atoms with Gasteiger partial charge in [-0.05, 0) is 72.4 Å². The van der Waals surface area contributed by atoms with E-state index in [2.05, 4.69) is 9.71 Å². The van der Waals surface area contributed by atoms with E-state index >= 15 is 0 Å². The zero-order chi connectivity index (χ0) is 21.2. The van der Waals surface area contributed by atoms with Gasteiger partial charge in [0.15, 0.2) is 0 Å². The highest BCUT2D eigenvalue weighted by Crippen LogP contribution is 2.33. The van der Waals surface area contributed by atoms with Gasteiger partial charge in [-0.25, -0.2) is 18.1 Å². The number of benzene rings is 1. The average molecular weight is 420 g/mol. The topological polar surface area (TPSA) is 84.1 Å². The van der Waals surface area contributed by atoms with Crippen LogP contribution in [0.3, 0.4) is 0 Å². The predicted molar refractivity (Wildman–Crippen MR) is 117 cm³/mol. The Labute approximate surface area is 174 Å². The van der Waals surface area contributed by atoms with Crippen molar-refractivity contribution in [2.45, 2.75) is 83.1 Å². The first-order chi connectivity index (χ1) is 13.5. The zero-order valence-corrected chi connectivity index (χ0v) is 18.8. The molecule has 6 nitrogen and oxygen atoms in total. The molecule has 0 amide bonds. The van der Waals surface area contributed by atoms with Crippen LogP contribution in [0.2, 0.25) is 0 Å². The SMILES string of the molecule is CC(C)Oc1cccc(-c2c[nH]c([C@H]3CC[C@H](NS(=O)(=O)C(C)(C)C)CC3)n2)c1. The molecule has 0 spiro atoms. The smallest absolute Gasteiger partial charge is 0.216 e. The fraction of sp³-hybridized carbons (Fsp3) is 0.591. The molecule has 1 fully saturated rings. The number of aromatic nitrogens is 2. The third-order valence-electron chi connectivity index (χ3n) is 5.34. The van der Waals surface area contributed by atoms with Crippen LogP contribution in [0.1, 0.15) is 72.0 Å². The summed E-state index contributed by atoms with van der Waals surface area (Å²) < 4.78 is 32.7. The maximum atomic E-state index is 12.4. The number of hydrogen-bond acceptors (Lipinski definition) is 4. The second-order valence-electron chi connectivity index (χ2n) is 9.15. The van der Waals surface area contributed by atoms with Gasteiger partial charge in [0.25, 0.3) is 0 Å². The molecule has 0 atom stereocenters. The van der Waals surface area contributed by atoms with E-state index < -0.39 is 14.8 Å². The summed E-state index contributed by atoms with van der Waals surface area (Å²) >= 11 is 0. The molecule has 0 radical (unpaired) electrons. The van der Waals surface area contributed by atoms with Gasteiger partial charge in [-0.15, -0.1) is 0 Å². The molecule has 160 valence electrons. The van der Waals surface area contributed by atoms with Crippen molar-refractivity contribution in [3.8, 4) is 17.0 Å². The van der Waals surface area contributed by atoms with E-state index in [-0.39, 0.29) is 12.1 Å². The van der Waals surface area contributed by atoms with E-state index in [1.807, 2.05) is 44.3 Å². The molecule has 7 heteroatoms. The number of hydrogen-bond donors (Lipinski definition) is 2. The lowest BCUT2D eigenvalue weighted by molar-refractivity contribution is 0.242. The molecule has 0 aliphatic heterocycles. The number of imidazole rings is 1. The molecule has 1 aliphatic carbocycles. The van der Waals surface area contributed by atoms with Crippen LogP contribution in [0.15, 0.2) is 30.5 Å². The Morgan fingerprint density at radius 3 is 2.48 bits per heavy atom. The standard InChI is InChI=1S/C22H33N3O3S/c1-15(2)28-19-8-6-7-17(13-19)20-14-23-21(24-20)16-9-11-18(12-10-16)25-29(26,27)22(3,4)5/h6-8,13-16,18,25H,9-12H2,1-5H3,(H,23,24)/t16-,18-. The van der Waals surface area contributed by atoms with E-state index in [1.165, 1.54) is 0 Å². The maximum absolute atomic E-state index is 12.4. The fourth-order valence-electron chi connectivity index (χ4n) is 3.58. The molecule has 29 heavy (non-hydrogen) atoms. The summed E-state index contributed by atoms with van der Waals surface area (Å²) in [5, 5.41) is 0. The van der Waals surface area contributed by atoms with Gasteiger partial charge in [-0.2, -0.15) is 0 Å². The number of H-pyrrole nitrogens is 1. The molecule has 2 N–H and O–H groups in total. The van der Waals surface area contributed by atoms with Crippen LogP contribution >= 0.6 is 0 Å². The van der Waals surface area contributed by atoms with Gasteiger partial charge in [-0.3, -0.25) is 0 Å². The van der Waals surface area contributed by atoms with Crippen LogP contribution in [0.25, 0.3) is 11.3 Å². The fourth-order valence-corrected chi connectivity index (χ4v) is 4.60. The summed E-state index contributed by atoms with van der Waals surface area (Å²) in [5.74, 6) is 2.15. The summed E-state index contributed by atoms with van der Waals surface area (Å²) in [7, 11) is -3.31. The van der Waals surface area contributed by atoms with Gasteiger partial charge in [0.05, 0.1) is 16.5 Å². The molecule has 3 rings (SSSR count). The van der Waals surface area contributed by atoms with E-state index in [9.17, 15) is 8.42 Å². The second-order valence-corrected chi connectivity index (χ2v) is 11.6. The average Bonchev–Trinajstić information content (AvgIpc) is 3.11. The first kappa shape index (κ1) is 21.8. The Kier molecular flexibility index (Phi) is 6.39. The van der Waals surface area contributed by atoms with Crippen molar-refractivity contribution in [3.05, 3.63) is 36.3 Å². The highest BCUT2D eigenvalue weighted by atomic mass is 32.2. The Morgan fingerprint density at radius 1 is 1.17 bits per heavy atom. The van der Waals surface area contributed by atoms with Crippen molar-refractivity contribution < 1.29 is 13.2 Å². The van der Waals surface area contributed by atoms with Crippen molar-refractivity contribution in [2.75, 3.05) is 0 Å². The van der Waals surface area contributed by atoms with Crippen LogP contribution in [0, 0.1) is 0 Å². The van der Waals surface area contributed by atoms with E-state index in [0.717, 1.165) is 48.5 Å². The van der Waals surface area contributed by atoms with Crippen LogP contribution in [0.4, 0.5) is 0 Å². The first-order valence-electron chi connectivity index (χ1n) is 10.4. The van der Waals surface area contributed by atoms with Gasteiger partial charge in [0.1, 0.15) is 11.6 Å². The van der Waals surface area contributed by atoms with Crippen molar-refractivity contribution >= 4 is 10.0 Å². The highest BCUT2D eigenvalue weighted by Gasteiger charge is 2.33. The molecular weight excluding hydrogens is 386 g/mol.